The average molecular weight is 175 g/mol. The Kier molecular flexibility index (Phi) is 6.52. The van der Waals surface area contributed by atoms with Gasteiger partial charge in [-0.25, -0.2) is 0 Å². The fraction of sp³-hybridized carbons (Fsp3) is 0.250. The Morgan fingerprint density at radius 3 is 2.62 bits per heavy atom. The lowest BCUT2D eigenvalue weighted by Gasteiger charge is -1.92. The third kappa shape index (κ3) is 7.01. The molecule has 0 saturated carbocycles. The molecule has 0 N–H and O–H groups in total. The summed E-state index contributed by atoms with van der Waals surface area (Å²) >= 11 is 0. The molecular weight excluding hydrogens is 158 g/mol. The van der Waals surface area contributed by atoms with Crippen LogP contribution in [0.25, 0.3) is 0 Å². The Labute approximate surface area is 80.9 Å². The molecule has 0 fully saturated rings. The Morgan fingerprint density at radius 1 is 1.38 bits per heavy atom. The van der Waals surface area contributed by atoms with E-state index in [9.17, 15) is 0 Å². The van der Waals surface area contributed by atoms with Crippen molar-refractivity contribution in [1.29, 1.82) is 0 Å². The predicted molar refractivity (Wildman–Crippen MR) is 61.0 cm³/mol. The summed E-state index contributed by atoms with van der Waals surface area (Å²) in [5.74, 6) is 0. The van der Waals surface area contributed by atoms with Crippen molar-refractivity contribution < 1.29 is 0 Å². The molecule has 0 atom stereocenters. The summed E-state index contributed by atoms with van der Waals surface area (Å²) in [6.07, 6.45) is 10.6. The lowest BCUT2D eigenvalue weighted by molar-refractivity contribution is 1.21. The van der Waals surface area contributed by atoms with E-state index in [4.69, 9.17) is 0 Å². The highest BCUT2D eigenvalue weighted by atomic mass is 14.6. The van der Waals surface area contributed by atoms with E-state index in [1.54, 1.807) is 12.3 Å². The number of allylic oxidation sites excluding steroid dienone is 6. The number of nitrogens with zero attached hydrogens (tertiary/aromatic N) is 1. The molecule has 0 aromatic rings. The molecule has 0 bridgehead atoms. The zero-order valence-corrected chi connectivity index (χ0v) is 8.46. The molecule has 0 heterocycles. The lowest BCUT2D eigenvalue weighted by atomic mass is 10.1. The molecule has 0 aromatic heterocycles. The predicted octanol–water partition coefficient (Wildman–Crippen LogP) is 3.67. The van der Waals surface area contributed by atoms with Crippen molar-refractivity contribution in [3.05, 3.63) is 48.2 Å². The van der Waals surface area contributed by atoms with E-state index < -0.39 is 0 Å². The van der Waals surface area contributed by atoms with Crippen LogP contribution in [0.1, 0.15) is 20.3 Å². The second kappa shape index (κ2) is 7.29. The summed E-state index contributed by atoms with van der Waals surface area (Å²) in [6, 6.07) is 0. The topological polar surface area (TPSA) is 12.4 Å². The molecule has 1 nitrogen and oxygen atoms in total. The van der Waals surface area contributed by atoms with Crippen LogP contribution in [-0.2, 0) is 0 Å². The maximum Gasteiger partial charge on any atom is 0.0289 e. The molecule has 0 saturated heterocycles. The van der Waals surface area contributed by atoms with Crippen LogP contribution in [0.3, 0.4) is 0 Å². The first-order valence-electron chi connectivity index (χ1n) is 4.28. The first kappa shape index (κ1) is 11.6. The van der Waals surface area contributed by atoms with Crippen LogP contribution >= 0.6 is 0 Å². The van der Waals surface area contributed by atoms with Crippen molar-refractivity contribution in [2.75, 3.05) is 0 Å². The maximum absolute atomic E-state index is 3.68. The van der Waals surface area contributed by atoms with Crippen molar-refractivity contribution in [1.82, 2.24) is 0 Å². The first-order valence-corrected chi connectivity index (χ1v) is 4.28. The first-order chi connectivity index (χ1) is 6.20. The number of rotatable bonds is 5. The molecule has 0 radical (unpaired) electrons. The summed E-state index contributed by atoms with van der Waals surface area (Å²) in [7, 11) is 0. The highest BCUT2D eigenvalue weighted by Crippen LogP contribution is 2.03. The average Bonchev–Trinajstić information content (AvgIpc) is 2.05. The largest absolute Gasteiger partial charge is 0.272 e. The van der Waals surface area contributed by atoms with Crippen LogP contribution in [-0.4, -0.2) is 6.72 Å². The number of aliphatic imine (C=N–C) groups is 1. The zero-order chi connectivity index (χ0) is 10.1. The number of hydrogen-bond donors (Lipinski definition) is 0. The van der Waals surface area contributed by atoms with Crippen LogP contribution in [0.4, 0.5) is 0 Å². The summed E-state index contributed by atoms with van der Waals surface area (Å²) in [6.45, 7) is 11.1. The Bertz CT molecular complexity index is 254. The molecule has 70 valence electrons. The molecule has 1 heteroatoms. The SMILES string of the molecule is C=C/C=C(\C)C/C=C/C(C)=C/N=C. The van der Waals surface area contributed by atoms with Crippen LogP contribution in [0.5, 0.6) is 0 Å². The molecule has 13 heavy (non-hydrogen) atoms. The normalized spacial score (nSPS) is 13.4. The molecule has 0 aliphatic heterocycles. The van der Waals surface area contributed by atoms with Crippen molar-refractivity contribution in [2.24, 2.45) is 4.99 Å². The van der Waals surface area contributed by atoms with Gasteiger partial charge >= 0.3 is 0 Å². The van der Waals surface area contributed by atoms with Gasteiger partial charge in [-0.2, -0.15) is 0 Å². The molecule has 0 spiro atoms. The van der Waals surface area contributed by atoms with E-state index in [0.29, 0.717) is 0 Å². The van der Waals surface area contributed by atoms with Gasteiger partial charge in [0.15, 0.2) is 0 Å². The smallest absolute Gasteiger partial charge is 0.0289 e. The van der Waals surface area contributed by atoms with Gasteiger partial charge in [0.25, 0.3) is 0 Å². The summed E-state index contributed by atoms with van der Waals surface area (Å²) < 4.78 is 0. The monoisotopic (exact) mass is 175 g/mol. The minimum Gasteiger partial charge on any atom is -0.272 e. The molecule has 0 amide bonds. The second-order valence-electron chi connectivity index (χ2n) is 2.91. The number of hydrogen-bond acceptors (Lipinski definition) is 1. The van der Waals surface area contributed by atoms with Gasteiger partial charge in [-0.05, 0) is 32.6 Å². The minimum absolute atomic E-state index is 0.953. The Balaban J connectivity index is 4.01. The fourth-order valence-electron chi connectivity index (χ4n) is 0.887. The Morgan fingerprint density at radius 2 is 2.08 bits per heavy atom. The minimum atomic E-state index is 0.953. The van der Waals surface area contributed by atoms with Gasteiger partial charge in [-0.3, -0.25) is 4.99 Å². The molecule has 0 aliphatic carbocycles. The maximum atomic E-state index is 3.68. The fourth-order valence-corrected chi connectivity index (χ4v) is 0.887. The summed E-state index contributed by atoms with van der Waals surface area (Å²) in [5, 5.41) is 0. The van der Waals surface area contributed by atoms with E-state index >= 15 is 0 Å². The van der Waals surface area contributed by atoms with Gasteiger partial charge in [-0.15, -0.1) is 0 Å². The van der Waals surface area contributed by atoms with E-state index in [2.05, 4.69) is 31.3 Å². The Hall–Kier alpha value is -1.37. The van der Waals surface area contributed by atoms with Gasteiger partial charge in [0, 0.05) is 6.20 Å². The third-order valence-corrected chi connectivity index (χ3v) is 1.52. The molecule has 0 rings (SSSR count). The van der Waals surface area contributed by atoms with Crippen LogP contribution in [0.2, 0.25) is 0 Å². The van der Waals surface area contributed by atoms with E-state index in [1.807, 2.05) is 19.1 Å². The van der Waals surface area contributed by atoms with Gasteiger partial charge in [0.05, 0.1) is 0 Å². The van der Waals surface area contributed by atoms with Crippen molar-refractivity contribution >= 4 is 6.72 Å². The van der Waals surface area contributed by atoms with Crippen molar-refractivity contribution in [2.45, 2.75) is 20.3 Å². The lowest BCUT2D eigenvalue weighted by Crippen LogP contribution is -1.72. The van der Waals surface area contributed by atoms with E-state index in [-0.39, 0.29) is 0 Å². The standard InChI is InChI=1S/C12H17N/c1-5-7-11(2)8-6-9-12(3)10-13-4/h5-7,9-10H,1,4,8H2,2-3H3/b9-6+,11-7+,12-10+. The van der Waals surface area contributed by atoms with Crippen LogP contribution < -0.4 is 0 Å². The van der Waals surface area contributed by atoms with Crippen LogP contribution in [0, 0.1) is 0 Å². The molecule has 0 unspecified atom stereocenters. The highest BCUT2D eigenvalue weighted by Gasteiger charge is 1.83. The molecule has 0 aromatic carbocycles. The van der Waals surface area contributed by atoms with Gasteiger partial charge < -0.3 is 0 Å². The van der Waals surface area contributed by atoms with Gasteiger partial charge in [0.2, 0.25) is 0 Å². The van der Waals surface area contributed by atoms with Crippen molar-refractivity contribution in [3.8, 4) is 0 Å². The summed E-state index contributed by atoms with van der Waals surface area (Å²) in [5.41, 5.74) is 2.41. The third-order valence-electron chi connectivity index (χ3n) is 1.52. The van der Waals surface area contributed by atoms with Crippen LogP contribution in [0.15, 0.2) is 53.2 Å². The highest BCUT2D eigenvalue weighted by molar-refractivity contribution is 5.28. The van der Waals surface area contributed by atoms with E-state index in [1.165, 1.54) is 5.57 Å². The van der Waals surface area contributed by atoms with Gasteiger partial charge in [0.1, 0.15) is 0 Å². The quantitative estimate of drug-likeness (QED) is 0.446. The summed E-state index contributed by atoms with van der Waals surface area (Å²) in [4.78, 5) is 3.68. The molecule has 0 aliphatic rings. The van der Waals surface area contributed by atoms with Crippen molar-refractivity contribution in [3.63, 3.8) is 0 Å². The second-order valence-corrected chi connectivity index (χ2v) is 2.91. The zero-order valence-electron chi connectivity index (χ0n) is 8.46. The van der Waals surface area contributed by atoms with E-state index in [0.717, 1.165) is 12.0 Å². The van der Waals surface area contributed by atoms with Gasteiger partial charge in [-0.1, -0.05) is 36.5 Å². The molecular formula is C12H17N.